The van der Waals surface area contributed by atoms with Crippen LogP contribution >= 0.6 is 11.8 Å². The number of rotatable bonds is 8. The van der Waals surface area contributed by atoms with Gasteiger partial charge in [-0.25, -0.2) is 0 Å². The number of nitrogens with one attached hydrogen (secondary N) is 1. The normalized spacial score (nSPS) is 28.1. The van der Waals surface area contributed by atoms with E-state index in [1.807, 2.05) is 23.6 Å². The van der Waals surface area contributed by atoms with Crippen LogP contribution in [0.1, 0.15) is 52.9 Å². The molecule has 0 aromatic heterocycles. The lowest BCUT2D eigenvalue weighted by Crippen LogP contribution is -2.43. The van der Waals surface area contributed by atoms with Gasteiger partial charge < -0.3 is 4.90 Å². The van der Waals surface area contributed by atoms with Crippen molar-refractivity contribution in [2.24, 2.45) is 0 Å². The molecule has 0 bridgehead atoms. The highest BCUT2D eigenvalue weighted by molar-refractivity contribution is 7.98. The monoisotopic (exact) mass is 272 g/mol. The number of unbranched alkanes of at least 4 members (excludes halogenated alkanes) is 3. The highest BCUT2D eigenvalue weighted by Gasteiger charge is 2.44. The lowest BCUT2D eigenvalue weighted by molar-refractivity contribution is -0.132. The number of hydrogen-bond donors (Lipinski definition) is 1. The van der Waals surface area contributed by atoms with Crippen LogP contribution in [0, 0.1) is 0 Å². The second kappa shape index (κ2) is 7.39. The Morgan fingerprint density at radius 3 is 2.56 bits per heavy atom. The number of nitrogens with zero attached hydrogens (tertiary/aromatic N) is 1. The molecular weight excluding hydrogens is 244 g/mol. The lowest BCUT2D eigenvalue weighted by Gasteiger charge is -2.21. The largest absolute Gasteiger partial charge is 0.326 e. The summed E-state index contributed by atoms with van der Waals surface area (Å²) in [5, 5.41) is 3.41. The van der Waals surface area contributed by atoms with Gasteiger partial charge in [0, 0.05) is 6.54 Å². The van der Waals surface area contributed by atoms with Crippen molar-refractivity contribution in [1.29, 1.82) is 0 Å². The third-order valence-corrected chi connectivity index (χ3v) is 4.63. The zero-order valence-corrected chi connectivity index (χ0v) is 13.1. The van der Waals surface area contributed by atoms with Crippen LogP contribution in [-0.2, 0) is 4.79 Å². The number of carbonyl (C=O) groups excluding carboxylic acids is 1. The van der Waals surface area contributed by atoms with Crippen LogP contribution in [0.25, 0.3) is 0 Å². The molecule has 0 aromatic carbocycles. The summed E-state index contributed by atoms with van der Waals surface area (Å²) >= 11 is 1.91. The minimum Gasteiger partial charge on any atom is -0.326 e. The molecule has 1 aliphatic rings. The first-order valence-electron chi connectivity index (χ1n) is 7.13. The zero-order chi connectivity index (χ0) is 13.6. The van der Waals surface area contributed by atoms with Crippen molar-refractivity contribution in [2.75, 3.05) is 18.6 Å². The predicted octanol–water partition coefficient (Wildman–Crippen LogP) is 2.86. The van der Waals surface area contributed by atoms with E-state index in [1.165, 1.54) is 25.0 Å². The van der Waals surface area contributed by atoms with E-state index in [2.05, 4.69) is 25.4 Å². The Bertz CT molecular complexity index is 273. The van der Waals surface area contributed by atoms with Gasteiger partial charge in [0.2, 0.25) is 5.91 Å². The van der Waals surface area contributed by atoms with Gasteiger partial charge in [-0.3, -0.25) is 10.1 Å². The van der Waals surface area contributed by atoms with Crippen LogP contribution in [0.15, 0.2) is 0 Å². The van der Waals surface area contributed by atoms with Crippen molar-refractivity contribution in [1.82, 2.24) is 10.2 Å². The number of hydrogen-bond acceptors (Lipinski definition) is 3. The van der Waals surface area contributed by atoms with Crippen LogP contribution in [-0.4, -0.2) is 41.1 Å². The van der Waals surface area contributed by atoms with Gasteiger partial charge >= 0.3 is 0 Å². The molecule has 1 aliphatic heterocycles. The Balaban J connectivity index is 2.28. The molecule has 2 atom stereocenters. The molecule has 1 N–H and O–H groups in total. The fourth-order valence-electron chi connectivity index (χ4n) is 2.52. The Kier molecular flexibility index (Phi) is 6.50. The topological polar surface area (TPSA) is 32.3 Å². The van der Waals surface area contributed by atoms with Gasteiger partial charge in [-0.1, -0.05) is 19.8 Å². The van der Waals surface area contributed by atoms with E-state index < -0.39 is 0 Å². The molecule has 106 valence electrons. The summed E-state index contributed by atoms with van der Waals surface area (Å²) in [5.41, 5.74) is -0.335. The van der Waals surface area contributed by atoms with Crippen LogP contribution in [0.2, 0.25) is 0 Å². The van der Waals surface area contributed by atoms with Crippen LogP contribution in [0.3, 0.4) is 0 Å². The number of amides is 1. The van der Waals surface area contributed by atoms with E-state index in [0.717, 1.165) is 19.4 Å². The highest BCUT2D eigenvalue weighted by atomic mass is 32.2. The molecule has 4 heteroatoms. The molecule has 0 radical (unpaired) electrons. The third-order valence-electron chi connectivity index (χ3n) is 3.93. The fraction of sp³-hybridized carbons (Fsp3) is 0.929. The molecular formula is C14H28N2OS. The standard InChI is InChI=1S/C14H28N2OS/c1-5-14(3)13(17)16(12(2)15-14)10-8-6-7-9-11-18-4/h12,15H,5-11H2,1-4H3. The molecule has 3 nitrogen and oxygen atoms in total. The van der Waals surface area contributed by atoms with Gasteiger partial charge in [-0.2, -0.15) is 11.8 Å². The van der Waals surface area contributed by atoms with Crippen molar-refractivity contribution in [3.63, 3.8) is 0 Å². The van der Waals surface area contributed by atoms with Crippen molar-refractivity contribution in [3.05, 3.63) is 0 Å². The molecule has 1 heterocycles. The molecule has 2 unspecified atom stereocenters. The Hall–Kier alpha value is -0.220. The van der Waals surface area contributed by atoms with E-state index in [0.29, 0.717) is 0 Å². The average molecular weight is 272 g/mol. The van der Waals surface area contributed by atoms with E-state index in [9.17, 15) is 4.79 Å². The first kappa shape index (κ1) is 15.8. The van der Waals surface area contributed by atoms with E-state index in [-0.39, 0.29) is 17.6 Å². The van der Waals surface area contributed by atoms with Gasteiger partial charge in [0.25, 0.3) is 0 Å². The number of carbonyl (C=O) groups is 1. The quantitative estimate of drug-likeness (QED) is 0.690. The number of thioether (sulfide) groups is 1. The van der Waals surface area contributed by atoms with Crippen LogP contribution in [0.5, 0.6) is 0 Å². The molecule has 0 saturated carbocycles. The molecule has 0 spiro atoms. The maximum atomic E-state index is 12.3. The minimum absolute atomic E-state index is 0.189. The summed E-state index contributed by atoms with van der Waals surface area (Å²) in [6, 6.07) is 0. The van der Waals surface area contributed by atoms with Gasteiger partial charge in [0.1, 0.15) is 0 Å². The van der Waals surface area contributed by atoms with Crippen molar-refractivity contribution < 1.29 is 4.79 Å². The summed E-state index contributed by atoms with van der Waals surface area (Å²) in [4.78, 5) is 14.3. The first-order chi connectivity index (χ1) is 8.55. The highest BCUT2D eigenvalue weighted by Crippen LogP contribution is 2.23. The van der Waals surface area contributed by atoms with E-state index in [1.54, 1.807) is 0 Å². The van der Waals surface area contributed by atoms with Crippen LogP contribution < -0.4 is 5.32 Å². The summed E-state index contributed by atoms with van der Waals surface area (Å²) in [6.45, 7) is 7.09. The van der Waals surface area contributed by atoms with Crippen LogP contribution in [0.4, 0.5) is 0 Å². The molecule has 1 amide bonds. The second-order valence-corrected chi connectivity index (χ2v) is 6.40. The van der Waals surface area contributed by atoms with Crippen molar-refractivity contribution >= 4 is 17.7 Å². The van der Waals surface area contributed by atoms with Gasteiger partial charge in [0.05, 0.1) is 11.7 Å². The summed E-state index contributed by atoms with van der Waals surface area (Å²) in [5.74, 6) is 1.54. The lowest BCUT2D eigenvalue weighted by atomic mass is 9.99. The molecule has 0 aromatic rings. The fourth-order valence-corrected chi connectivity index (χ4v) is 3.02. The zero-order valence-electron chi connectivity index (χ0n) is 12.3. The van der Waals surface area contributed by atoms with E-state index in [4.69, 9.17) is 0 Å². The van der Waals surface area contributed by atoms with Gasteiger partial charge in [0.15, 0.2) is 0 Å². The Morgan fingerprint density at radius 1 is 1.33 bits per heavy atom. The smallest absolute Gasteiger partial charge is 0.243 e. The van der Waals surface area contributed by atoms with E-state index >= 15 is 0 Å². The second-order valence-electron chi connectivity index (χ2n) is 5.41. The Labute approximate surface area is 116 Å². The average Bonchev–Trinajstić information content (AvgIpc) is 2.57. The molecule has 18 heavy (non-hydrogen) atoms. The molecule has 1 saturated heterocycles. The predicted molar refractivity (Wildman–Crippen MR) is 79.9 cm³/mol. The first-order valence-corrected chi connectivity index (χ1v) is 8.52. The maximum Gasteiger partial charge on any atom is 0.243 e. The SMILES string of the molecule is CCC1(C)NC(C)N(CCCCCCSC)C1=O. The third kappa shape index (κ3) is 3.89. The summed E-state index contributed by atoms with van der Waals surface area (Å²) in [7, 11) is 0. The maximum absolute atomic E-state index is 12.3. The van der Waals surface area contributed by atoms with Gasteiger partial charge in [-0.05, 0) is 45.1 Å². The van der Waals surface area contributed by atoms with Gasteiger partial charge in [-0.15, -0.1) is 0 Å². The molecule has 1 fully saturated rings. The van der Waals surface area contributed by atoms with Crippen molar-refractivity contribution in [2.45, 2.75) is 64.6 Å². The minimum atomic E-state index is -0.335. The molecule has 0 aliphatic carbocycles. The Morgan fingerprint density at radius 2 is 2.00 bits per heavy atom. The molecule has 1 rings (SSSR count). The summed E-state index contributed by atoms with van der Waals surface area (Å²) in [6.07, 6.45) is 8.16. The van der Waals surface area contributed by atoms with Crippen molar-refractivity contribution in [3.8, 4) is 0 Å². The summed E-state index contributed by atoms with van der Waals surface area (Å²) < 4.78 is 0.